The van der Waals surface area contributed by atoms with Gasteiger partial charge in [-0.3, -0.25) is 4.79 Å². The van der Waals surface area contributed by atoms with Crippen LogP contribution < -0.4 is 5.32 Å². The van der Waals surface area contributed by atoms with Gasteiger partial charge >= 0.3 is 0 Å². The largest absolute Gasteiger partial charge is 0.349 e. The van der Waals surface area contributed by atoms with Gasteiger partial charge < -0.3 is 9.88 Å². The molecule has 0 radical (unpaired) electrons. The summed E-state index contributed by atoms with van der Waals surface area (Å²) >= 11 is 7.58. The summed E-state index contributed by atoms with van der Waals surface area (Å²) < 4.78 is 1.85. The first kappa shape index (κ1) is 18.5. The Morgan fingerprint density at radius 2 is 1.85 bits per heavy atom. The molecule has 0 fully saturated rings. The van der Waals surface area contributed by atoms with Crippen molar-refractivity contribution < 1.29 is 4.79 Å². The first-order valence-electron chi connectivity index (χ1n) is 8.17. The van der Waals surface area contributed by atoms with E-state index in [1.807, 2.05) is 73.1 Å². The predicted molar refractivity (Wildman–Crippen MR) is 105 cm³/mol. The molecule has 0 bridgehead atoms. The van der Waals surface area contributed by atoms with Crippen LogP contribution in [0.15, 0.2) is 59.8 Å². The molecule has 7 heteroatoms. The molecular weight excluding hydrogens is 368 g/mol. The molecule has 1 heterocycles. The second-order valence-electron chi connectivity index (χ2n) is 5.83. The molecule has 134 valence electrons. The lowest BCUT2D eigenvalue weighted by atomic mass is 10.1. The number of aromatic nitrogens is 3. The number of amides is 1. The molecule has 3 aromatic rings. The Bertz CT molecular complexity index is 898. The van der Waals surface area contributed by atoms with E-state index < -0.39 is 0 Å². The van der Waals surface area contributed by atoms with E-state index in [9.17, 15) is 4.79 Å². The first-order chi connectivity index (χ1) is 12.6. The second-order valence-corrected chi connectivity index (χ2v) is 7.18. The second kappa shape index (κ2) is 8.38. The smallest absolute Gasteiger partial charge is 0.230 e. The van der Waals surface area contributed by atoms with Gasteiger partial charge in [0.25, 0.3) is 0 Å². The van der Waals surface area contributed by atoms with Crippen molar-refractivity contribution in [3.05, 3.63) is 65.2 Å². The average molecular weight is 387 g/mol. The molecule has 3 rings (SSSR count). The van der Waals surface area contributed by atoms with Gasteiger partial charge in [0.05, 0.1) is 16.8 Å². The number of hydrogen-bond acceptors (Lipinski definition) is 4. The highest BCUT2D eigenvalue weighted by molar-refractivity contribution is 7.99. The molecule has 2 aromatic carbocycles. The van der Waals surface area contributed by atoms with Gasteiger partial charge in [0.1, 0.15) is 0 Å². The van der Waals surface area contributed by atoms with Gasteiger partial charge in [-0.15, -0.1) is 10.2 Å². The molecule has 5 nitrogen and oxygen atoms in total. The zero-order valence-electron chi connectivity index (χ0n) is 14.5. The molecule has 1 amide bonds. The van der Waals surface area contributed by atoms with E-state index in [0.717, 1.165) is 11.1 Å². The number of thioether (sulfide) groups is 1. The molecule has 0 spiro atoms. The minimum Gasteiger partial charge on any atom is -0.349 e. The highest BCUT2D eigenvalue weighted by Gasteiger charge is 2.15. The summed E-state index contributed by atoms with van der Waals surface area (Å²) in [6, 6.07) is 17.3. The van der Waals surface area contributed by atoms with E-state index in [4.69, 9.17) is 11.6 Å². The van der Waals surface area contributed by atoms with Crippen molar-refractivity contribution in [1.82, 2.24) is 20.1 Å². The molecule has 0 saturated heterocycles. The van der Waals surface area contributed by atoms with Crippen LogP contribution in [0.25, 0.3) is 11.4 Å². The van der Waals surface area contributed by atoms with Crippen molar-refractivity contribution in [2.45, 2.75) is 18.1 Å². The molecule has 0 aliphatic rings. The minimum atomic E-state index is -0.0475. The van der Waals surface area contributed by atoms with Crippen LogP contribution in [0.5, 0.6) is 0 Å². The van der Waals surface area contributed by atoms with Crippen LogP contribution in [0.2, 0.25) is 5.02 Å². The summed E-state index contributed by atoms with van der Waals surface area (Å²) in [6.45, 7) is 1.97. The van der Waals surface area contributed by atoms with Gasteiger partial charge in [0.15, 0.2) is 11.0 Å². The predicted octanol–water partition coefficient (Wildman–Crippen LogP) is 4.11. The van der Waals surface area contributed by atoms with E-state index in [2.05, 4.69) is 15.5 Å². The maximum atomic E-state index is 12.2. The fraction of sp³-hybridized carbons (Fsp3) is 0.211. The Hall–Kier alpha value is -2.31. The van der Waals surface area contributed by atoms with E-state index in [-0.39, 0.29) is 17.7 Å². The lowest BCUT2D eigenvalue weighted by Gasteiger charge is -2.14. The van der Waals surface area contributed by atoms with Crippen LogP contribution in [0.1, 0.15) is 18.5 Å². The topological polar surface area (TPSA) is 59.8 Å². The van der Waals surface area contributed by atoms with Gasteiger partial charge in [-0.2, -0.15) is 0 Å². The summed E-state index contributed by atoms with van der Waals surface area (Å²) in [4.78, 5) is 12.2. The molecule has 0 saturated carbocycles. The lowest BCUT2D eigenvalue weighted by Crippen LogP contribution is -2.28. The normalized spacial score (nSPS) is 12.0. The molecule has 1 N–H and O–H groups in total. The molecule has 1 atom stereocenters. The Labute approximate surface area is 161 Å². The number of benzene rings is 2. The molecular formula is C19H19ClN4OS. The first-order valence-corrected chi connectivity index (χ1v) is 9.54. The Morgan fingerprint density at radius 1 is 1.15 bits per heavy atom. The molecule has 1 unspecified atom stereocenters. The minimum absolute atomic E-state index is 0.0394. The van der Waals surface area contributed by atoms with Gasteiger partial charge in [-0.25, -0.2) is 0 Å². The van der Waals surface area contributed by atoms with Crippen LogP contribution in [0, 0.1) is 0 Å². The summed E-state index contributed by atoms with van der Waals surface area (Å²) in [6.07, 6.45) is 0. The number of halogens is 1. The van der Waals surface area contributed by atoms with Crippen LogP contribution >= 0.6 is 23.4 Å². The Morgan fingerprint density at radius 3 is 2.58 bits per heavy atom. The van der Waals surface area contributed by atoms with Crippen molar-refractivity contribution in [1.29, 1.82) is 0 Å². The van der Waals surface area contributed by atoms with Crippen LogP contribution in [-0.4, -0.2) is 26.4 Å². The maximum Gasteiger partial charge on any atom is 0.230 e. The van der Waals surface area contributed by atoms with E-state index >= 15 is 0 Å². The highest BCUT2D eigenvalue weighted by Crippen LogP contribution is 2.28. The van der Waals surface area contributed by atoms with Gasteiger partial charge in [-0.1, -0.05) is 65.8 Å². The standard InChI is InChI=1S/C19H19ClN4OS/c1-13(14-8-4-3-5-9-14)21-17(25)12-26-19-23-22-18(24(19)2)15-10-6-7-11-16(15)20/h3-11,13H,12H2,1-2H3,(H,21,25). The van der Waals surface area contributed by atoms with Crippen molar-refractivity contribution in [3.8, 4) is 11.4 Å². The number of hydrogen-bond donors (Lipinski definition) is 1. The van der Waals surface area contributed by atoms with Crippen LogP contribution in [0.3, 0.4) is 0 Å². The number of rotatable bonds is 6. The zero-order chi connectivity index (χ0) is 18.5. The molecule has 26 heavy (non-hydrogen) atoms. The SMILES string of the molecule is CC(NC(=O)CSc1nnc(-c2ccccc2Cl)n1C)c1ccccc1. The third-order valence-electron chi connectivity index (χ3n) is 3.96. The number of carbonyl (C=O) groups excluding carboxylic acids is 1. The molecule has 0 aliphatic carbocycles. The van der Waals surface area contributed by atoms with Crippen molar-refractivity contribution in [2.75, 3.05) is 5.75 Å². The average Bonchev–Trinajstić information content (AvgIpc) is 3.01. The van der Waals surface area contributed by atoms with Gasteiger partial charge in [0.2, 0.25) is 5.91 Å². The van der Waals surface area contributed by atoms with E-state index in [1.54, 1.807) is 0 Å². The number of nitrogens with one attached hydrogen (secondary N) is 1. The quantitative estimate of drug-likeness (QED) is 0.648. The van der Waals surface area contributed by atoms with E-state index in [0.29, 0.717) is 16.0 Å². The fourth-order valence-electron chi connectivity index (χ4n) is 2.56. The number of nitrogens with zero attached hydrogens (tertiary/aromatic N) is 3. The van der Waals surface area contributed by atoms with Gasteiger partial charge in [-0.05, 0) is 24.6 Å². The lowest BCUT2D eigenvalue weighted by molar-refractivity contribution is -0.119. The summed E-state index contributed by atoms with van der Waals surface area (Å²) in [5, 5.41) is 12.7. The van der Waals surface area contributed by atoms with E-state index in [1.165, 1.54) is 11.8 Å². The summed E-state index contributed by atoms with van der Waals surface area (Å²) in [5.41, 5.74) is 1.89. The monoisotopic (exact) mass is 386 g/mol. The van der Waals surface area contributed by atoms with Crippen molar-refractivity contribution in [2.24, 2.45) is 7.05 Å². The Balaban J connectivity index is 1.62. The van der Waals surface area contributed by atoms with Crippen LogP contribution in [0.4, 0.5) is 0 Å². The number of carbonyl (C=O) groups is 1. The third kappa shape index (κ3) is 4.26. The zero-order valence-corrected chi connectivity index (χ0v) is 16.1. The summed E-state index contributed by atoms with van der Waals surface area (Å²) in [5.74, 6) is 0.899. The highest BCUT2D eigenvalue weighted by atomic mass is 35.5. The van der Waals surface area contributed by atoms with Crippen molar-refractivity contribution >= 4 is 29.3 Å². The van der Waals surface area contributed by atoms with Gasteiger partial charge in [0, 0.05) is 12.6 Å². The maximum absolute atomic E-state index is 12.2. The van der Waals surface area contributed by atoms with Crippen molar-refractivity contribution in [3.63, 3.8) is 0 Å². The summed E-state index contributed by atoms with van der Waals surface area (Å²) in [7, 11) is 1.87. The molecule has 0 aliphatic heterocycles. The molecule has 1 aromatic heterocycles. The Kier molecular flexibility index (Phi) is 5.96. The fourth-order valence-corrected chi connectivity index (χ4v) is 3.50. The third-order valence-corrected chi connectivity index (χ3v) is 5.31. The van der Waals surface area contributed by atoms with Crippen LogP contribution in [-0.2, 0) is 11.8 Å².